The molecular formula is C22H38N4O3. The molecule has 29 heavy (non-hydrogen) atoms. The minimum absolute atomic E-state index is 0.288. The fourth-order valence-electron chi connectivity index (χ4n) is 3.75. The second kappa shape index (κ2) is 11.9. The number of nitrogens with one attached hydrogen (secondary N) is 1. The Labute approximate surface area is 175 Å². The summed E-state index contributed by atoms with van der Waals surface area (Å²) in [5.74, 6) is 2.86. The van der Waals surface area contributed by atoms with E-state index < -0.39 is 6.10 Å². The number of likely N-dealkylation sites (tertiary alicyclic amines) is 1. The Hall–Kier alpha value is -1.99. The molecular weight excluding hydrogens is 368 g/mol. The summed E-state index contributed by atoms with van der Waals surface area (Å²) >= 11 is 0. The molecule has 0 aliphatic carbocycles. The Kier molecular flexibility index (Phi) is 9.54. The van der Waals surface area contributed by atoms with Gasteiger partial charge in [0.25, 0.3) is 0 Å². The van der Waals surface area contributed by atoms with Crippen molar-refractivity contribution in [1.82, 2.24) is 15.1 Å². The van der Waals surface area contributed by atoms with Crippen LogP contribution < -0.4 is 14.8 Å². The number of ether oxygens (including phenoxy) is 2. The summed E-state index contributed by atoms with van der Waals surface area (Å²) in [7, 11) is 3.21. The number of benzene rings is 1. The van der Waals surface area contributed by atoms with Crippen molar-refractivity contribution >= 4 is 5.96 Å². The van der Waals surface area contributed by atoms with Crippen LogP contribution in [-0.2, 0) is 0 Å². The van der Waals surface area contributed by atoms with E-state index in [4.69, 9.17) is 14.5 Å². The van der Waals surface area contributed by atoms with Crippen LogP contribution in [0.25, 0.3) is 0 Å². The normalized spacial score (nSPS) is 18.2. The Morgan fingerprint density at radius 3 is 2.41 bits per heavy atom. The Balaban J connectivity index is 2.03. The van der Waals surface area contributed by atoms with E-state index in [1.807, 2.05) is 12.1 Å². The summed E-state index contributed by atoms with van der Waals surface area (Å²) in [4.78, 5) is 9.52. The van der Waals surface area contributed by atoms with Gasteiger partial charge in [0, 0.05) is 32.2 Å². The molecule has 1 aromatic carbocycles. The molecule has 1 fully saturated rings. The van der Waals surface area contributed by atoms with Gasteiger partial charge in [-0.2, -0.15) is 0 Å². The predicted octanol–water partition coefficient (Wildman–Crippen LogP) is 2.37. The number of nitrogens with zero attached hydrogens (tertiary/aromatic N) is 3. The van der Waals surface area contributed by atoms with Gasteiger partial charge in [0.15, 0.2) is 5.96 Å². The average Bonchev–Trinajstić information content (AvgIpc) is 3.22. The van der Waals surface area contributed by atoms with Crippen LogP contribution in [0.15, 0.2) is 23.2 Å². The molecule has 164 valence electrons. The molecule has 1 aliphatic rings. The van der Waals surface area contributed by atoms with Crippen molar-refractivity contribution in [3.8, 4) is 11.5 Å². The molecule has 1 aliphatic heterocycles. The van der Waals surface area contributed by atoms with Crippen molar-refractivity contribution in [2.75, 3.05) is 60.0 Å². The molecule has 0 bridgehead atoms. The van der Waals surface area contributed by atoms with Crippen molar-refractivity contribution in [3.05, 3.63) is 23.8 Å². The minimum Gasteiger partial charge on any atom is -0.497 e. The van der Waals surface area contributed by atoms with Crippen LogP contribution in [0.3, 0.4) is 0 Å². The fraction of sp³-hybridized carbons (Fsp3) is 0.682. The number of aliphatic hydroxyl groups is 1. The average molecular weight is 407 g/mol. The second-order valence-corrected chi connectivity index (χ2v) is 7.44. The van der Waals surface area contributed by atoms with Crippen LogP contribution in [-0.4, -0.2) is 80.9 Å². The molecule has 1 heterocycles. The number of hydrogen-bond acceptors (Lipinski definition) is 5. The highest BCUT2D eigenvalue weighted by Crippen LogP contribution is 2.26. The van der Waals surface area contributed by atoms with Gasteiger partial charge in [-0.25, -0.2) is 0 Å². The lowest BCUT2D eigenvalue weighted by Crippen LogP contribution is -2.41. The predicted molar refractivity (Wildman–Crippen MR) is 118 cm³/mol. The zero-order valence-electron chi connectivity index (χ0n) is 18.6. The molecule has 0 aromatic heterocycles. The first-order valence-corrected chi connectivity index (χ1v) is 10.7. The van der Waals surface area contributed by atoms with Gasteiger partial charge in [0.2, 0.25) is 0 Å². The Morgan fingerprint density at radius 1 is 1.21 bits per heavy atom. The summed E-state index contributed by atoms with van der Waals surface area (Å²) in [5, 5.41) is 14.1. The van der Waals surface area contributed by atoms with Crippen LogP contribution in [0.5, 0.6) is 11.5 Å². The third kappa shape index (κ3) is 6.78. The maximum atomic E-state index is 10.7. The summed E-state index contributed by atoms with van der Waals surface area (Å²) in [6.45, 7) is 12.9. The van der Waals surface area contributed by atoms with Gasteiger partial charge in [-0.15, -0.1) is 0 Å². The first kappa shape index (κ1) is 23.3. The molecule has 7 heteroatoms. The van der Waals surface area contributed by atoms with Crippen LogP contribution in [0, 0.1) is 5.92 Å². The summed E-state index contributed by atoms with van der Waals surface area (Å²) in [6.07, 6.45) is 0.457. The molecule has 2 rings (SSSR count). The van der Waals surface area contributed by atoms with Gasteiger partial charge < -0.3 is 29.7 Å². The highest BCUT2D eigenvalue weighted by atomic mass is 16.5. The lowest BCUT2D eigenvalue weighted by Gasteiger charge is -2.24. The fourth-order valence-corrected chi connectivity index (χ4v) is 3.75. The van der Waals surface area contributed by atoms with Crippen molar-refractivity contribution in [1.29, 1.82) is 0 Å². The SMILES string of the molecule is CCNC(=NCC(O)c1cc(OC)cc(OC)c1)N1CCC(CN(CC)CC)C1. The largest absolute Gasteiger partial charge is 0.497 e. The van der Waals surface area contributed by atoms with E-state index in [1.54, 1.807) is 20.3 Å². The molecule has 1 aromatic rings. The van der Waals surface area contributed by atoms with Gasteiger partial charge >= 0.3 is 0 Å². The van der Waals surface area contributed by atoms with E-state index in [0.29, 0.717) is 17.4 Å². The van der Waals surface area contributed by atoms with Gasteiger partial charge in [-0.3, -0.25) is 4.99 Å². The molecule has 0 amide bonds. The molecule has 2 atom stereocenters. The van der Waals surface area contributed by atoms with Crippen LogP contribution in [0.1, 0.15) is 38.9 Å². The standard InChI is InChI=1S/C22H38N4O3/c1-6-23-22(26-10-9-17(16-26)15-25(7-2)8-3)24-14-21(27)18-11-19(28-4)13-20(12-18)29-5/h11-13,17,21,27H,6-10,14-16H2,1-5H3,(H,23,24). The lowest BCUT2D eigenvalue weighted by molar-refractivity contribution is 0.185. The van der Waals surface area contributed by atoms with Gasteiger partial charge in [0.1, 0.15) is 11.5 Å². The van der Waals surface area contributed by atoms with E-state index in [1.165, 1.54) is 6.42 Å². The minimum atomic E-state index is -0.721. The van der Waals surface area contributed by atoms with Crippen molar-refractivity contribution in [2.45, 2.75) is 33.3 Å². The van der Waals surface area contributed by atoms with Gasteiger partial charge in [0.05, 0.1) is 26.9 Å². The number of guanidine groups is 1. The van der Waals surface area contributed by atoms with Gasteiger partial charge in [-0.1, -0.05) is 13.8 Å². The zero-order valence-corrected chi connectivity index (χ0v) is 18.6. The number of methoxy groups -OCH3 is 2. The molecule has 1 saturated heterocycles. The first-order valence-electron chi connectivity index (χ1n) is 10.7. The van der Waals surface area contributed by atoms with E-state index in [2.05, 4.69) is 35.9 Å². The first-order chi connectivity index (χ1) is 14.0. The Morgan fingerprint density at radius 2 is 1.86 bits per heavy atom. The van der Waals surface area contributed by atoms with E-state index in [0.717, 1.165) is 50.8 Å². The molecule has 0 spiro atoms. The zero-order chi connectivity index (χ0) is 21.2. The van der Waals surface area contributed by atoms with Crippen LogP contribution in [0.4, 0.5) is 0 Å². The second-order valence-electron chi connectivity index (χ2n) is 7.44. The van der Waals surface area contributed by atoms with E-state index >= 15 is 0 Å². The maximum Gasteiger partial charge on any atom is 0.194 e. The summed E-state index contributed by atoms with van der Waals surface area (Å²) in [6, 6.07) is 5.45. The summed E-state index contributed by atoms with van der Waals surface area (Å²) < 4.78 is 10.6. The van der Waals surface area contributed by atoms with Crippen LogP contribution >= 0.6 is 0 Å². The van der Waals surface area contributed by atoms with Gasteiger partial charge in [-0.05, 0) is 50.0 Å². The third-order valence-electron chi connectivity index (χ3n) is 5.50. The highest BCUT2D eigenvalue weighted by molar-refractivity contribution is 5.80. The molecule has 0 radical (unpaired) electrons. The topological polar surface area (TPSA) is 69.6 Å². The molecule has 7 nitrogen and oxygen atoms in total. The smallest absolute Gasteiger partial charge is 0.194 e. The van der Waals surface area contributed by atoms with Crippen molar-refractivity contribution in [3.63, 3.8) is 0 Å². The maximum absolute atomic E-state index is 10.7. The Bertz CT molecular complexity index is 627. The number of rotatable bonds is 10. The van der Waals surface area contributed by atoms with Crippen LogP contribution in [0.2, 0.25) is 0 Å². The molecule has 2 N–H and O–H groups in total. The summed E-state index contributed by atoms with van der Waals surface area (Å²) in [5.41, 5.74) is 0.738. The van der Waals surface area contributed by atoms with Crippen molar-refractivity contribution < 1.29 is 14.6 Å². The van der Waals surface area contributed by atoms with Crippen molar-refractivity contribution in [2.24, 2.45) is 10.9 Å². The van der Waals surface area contributed by atoms with E-state index in [9.17, 15) is 5.11 Å². The number of hydrogen-bond donors (Lipinski definition) is 2. The number of aliphatic hydroxyl groups excluding tert-OH is 1. The lowest BCUT2D eigenvalue weighted by atomic mass is 10.1. The van der Waals surface area contributed by atoms with E-state index in [-0.39, 0.29) is 6.54 Å². The third-order valence-corrected chi connectivity index (χ3v) is 5.50. The molecule has 0 saturated carbocycles. The number of aliphatic imine (C=N–C) groups is 1. The molecule has 2 unspecified atom stereocenters. The highest BCUT2D eigenvalue weighted by Gasteiger charge is 2.26. The monoisotopic (exact) mass is 406 g/mol. The quantitative estimate of drug-likeness (QED) is 0.459.